The Morgan fingerprint density at radius 2 is 2.06 bits per heavy atom. The van der Waals surface area contributed by atoms with Gasteiger partial charge in [-0.2, -0.15) is 5.10 Å². The zero-order chi connectivity index (χ0) is 22.0. The van der Waals surface area contributed by atoms with Crippen LogP contribution in [0.3, 0.4) is 0 Å². The van der Waals surface area contributed by atoms with E-state index in [0.29, 0.717) is 37.6 Å². The first-order valence-electron chi connectivity index (χ1n) is 10.4. The van der Waals surface area contributed by atoms with E-state index in [1.54, 1.807) is 27.8 Å². The topological polar surface area (TPSA) is 94.1 Å². The Morgan fingerprint density at radius 1 is 1.23 bits per heavy atom. The van der Waals surface area contributed by atoms with Crippen LogP contribution in [-0.4, -0.2) is 44.6 Å². The molecule has 31 heavy (non-hydrogen) atoms. The number of aromatic nitrogens is 3. The molecule has 1 aromatic carbocycles. The molecule has 1 aliphatic heterocycles. The van der Waals surface area contributed by atoms with Crippen molar-refractivity contribution in [3.05, 3.63) is 59.0 Å². The van der Waals surface area contributed by atoms with Crippen LogP contribution in [0.25, 0.3) is 10.4 Å². The number of hydrogen-bond donors (Lipinski definition) is 1. The second-order valence-electron chi connectivity index (χ2n) is 8.28. The number of rotatable bonds is 6. The Bertz CT molecular complexity index is 1090. The van der Waals surface area contributed by atoms with Crippen LogP contribution in [0.1, 0.15) is 30.1 Å². The summed E-state index contributed by atoms with van der Waals surface area (Å²) in [4.78, 5) is 32.8. The molecule has 0 spiro atoms. The van der Waals surface area contributed by atoms with Crippen LogP contribution in [0.5, 0.6) is 0 Å². The summed E-state index contributed by atoms with van der Waals surface area (Å²) in [5, 5.41) is 6.34. The molecule has 2 aromatic heterocycles. The standard InChI is InChI=1S/C23H27N5O2S/c1-16-25-17(2)28(26-16)14-21(29)27-10-5-9-23(15-27,22(24)30)13-18-6-3-7-19(12-18)20-8-4-11-31-20/h3-4,6-8,11-12H,5,9-10,13-15H2,1-2H3,(H2,24,30)/t23-/m1/s1. The molecule has 7 nitrogen and oxygen atoms in total. The normalized spacial score (nSPS) is 18.8. The molecular formula is C23H27N5O2S. The van der Waals surface area contributed by atoms with Crippen molar-refractivity contribution in [2.24, 2.45) is 11.1 Å². The van der Waals surface area contributed by atoms with Crippen molar-refractivity contribution in [3.63, 3.8) is 0 Å². The predicted octanol–water partition coefficient (Wildman–Crippen LogP) is 2.96. The monoisotopic (exact) mass is 437 g/mol. The molecule has 2 amide bonds. The number of likely N-dealkylation sites (tertiary alicyclic amines) is 1. The summed E-state index contributed by atoms with van der Waals surface area (Å²) in [6, 6.07) is 12.4. The molecule has 0 aliphatic carbocycles. The van der Waals surface area contributed by atoms with Gasteiger partial charge in [0.2, 0.25) is 11.8 Å². The fourth-order valence-electron chi connectivity index (χ4n) is 4.38. The van der Waals surface area contributed by atoms with Gasteiger partial charge in [-0.1, -0.05) is 30.3 Å². The number of primary amides is 1. The average molecular weight is 438 g/mol. The van der Waals surface area contributed by atoms with Crippen LogP contribution in [-0.2, 0) is 22.6 Å². The highest BCUT2D eigenvalue weighted by Gasteiger charge is 2.42. The summed E-state index contributed by atoms with van der Waals surface area (Å²) >= 11 is 1.69. The third kappa shape index (κ3) is 4.54. The highest BCUT2D eigenvalue weighted by Crippen LogP contribution is 2.35. The Hall–Kier alpha value is -3.00. The zero-order valence-electron chi connectivity index (χ0n) is 17.9. The van der Waals surface area contributed by atoms with Crippen LogP contribution in [0, 0.1) is 19.3 Å². The van der Waals surface area contributed by atoms with Gasteiger partial charge >= 0.3 is 0 Å². The lowest BCUT2D eigenvalue weighted by molar-refractivity contribution is -0.140. The van der Waals surface area contributed by atoms with Gasteiger partial charge in [-0.15, -0.1) is 11.3 Å². The minimum atomic E-state index is -0.769. The predicted molar refractivity (Wildman–Crippen MR) is 120 cm³/mol. The quantitative estimate of drug-likeness (QED) is 0.641. The number of nitrogens with two attached hydrogens (primary N) is 1. The first-order valence-corrected chi connectivity index (χ1v) is 11.3. The zero-order valence-corrected chi connectivity index (χ0v) is 18.7. The second-order valence-corrected chi connectivity index (χ2v) is 9.23. The molecule has 2 N–H and O–H groups in total. The van der Waals surface area contributed by atoms with E-state index in [-0.39, 0.29) is 18.4 Å². The van der Waals surface area contributed by atoms with Crippen molar-refractivity contribution in [1.82, 2.24) is 19.7 Å². The minimum absolute atomic E-state index is 0.0642. The molecule has 4 rings (SSSR count). The fourth-order valence-corrected chi connectivity index (χ4v) is 5.11. The maximum atomic E-state index is 13.0. The van der Waals surface area contributed by atoms with Crippen molar-refractivity contribution in [2.45, 2.75) is 39.7 Å². The van der Waals surface area contributed by atoms with Crippen LogP contribution < -0.4 is 5.73 Å². The number of carbonyl (C=O) groups is 2. The summed E-state index contributed by atoms with van der Waals surface area (Å²) in [6.07, 6.45) is 1.94. The number of amides is 2. The van der Waals surface area contributed by atoms with E-state index in [1.807, 2.05) is 25.1 Å². The van der Waals surface area contributed by atoms with Crippen molar-refractivity contribution in [3.8, 4) is 10.4 Å². The van der Waals surface area contributed by atoms with Gasteiger partial charge in [0, 0.05) is 18.0 Å². The molecule has 0 saturated carbocycles. The van der Waals surface area contributed by atoms with Gasteiger partial charge in [-0.3, -0.25) is 9.59 Å². The van der Waals surface area contributed by atoms with Gasteiger partial charge in [-0.05, 0) is 55.7 Å². The van der Waals surface area contributed by atoms with Crippen molar-refractivity contribution >= 4 is 23.2 Å². The van der Waals surface area contributed by atoms with Crippen LogP contribution in [0.15, 0.2) is 41.8 Å². The third-order valence-electron chi connectivity index (χ3n) is 5.98. The van der Waals surface area contributed by atoms with Gasteiger partial charge in [0.05, 0.1) is 5.41 Å². The summed E-state index contributed by atoms with van der Waals surface area (Å²) in [5.41, 5.74) is 7.34. The molecule has 1 atom stereocenters. The summed E-state index contributed by atoms with van der Waals surface area (Å²) in [7, 11) is 0. The number of thiophene rings is 1. The van der Waals surface area contributed by atoms with Crippen molar-refractivity contribution < 1.29 is 9.59 Å². The van der Waals surface area contributed by atoms with E-state index in [0.717, 1.165) is 17.5 Å². The largest absolute Gasteiger partial charge is 0.369 e. The van der Waals surface area contributed by atoms with Gasteiger partial charge in [0.25, 0.3) is 0 Å². The third-order valence-corrected chi connectivity index (χ3v) is 6.89. The van der Waals surface area contributed by atoms with E-state index < -0.39 is 5.41 Å². The molecular weight excluding hydrogens is 410 g/mol. The number of aryl methyl sites for hydroxylation is 2. The van der Waals surface area contributed by atoms with Crippen LogP contribution in [0.4, 0.5) is 0 Å². The molecule has 0 bridgehead atoms. The smallest absolute Gasteiger partial charge is 0.244 e. The Kier molecular flexibility index (Phi) is 5.91. The van der Waals surface area contributed by atoms with Gasteiger partial charge in [0.15, 0.2) is 0 Å². The number of piperidine rings is 1. The minimum Gasteiger partial charge on any atom is -0.369 e. The first kappa shape index (κ1) is 21.2. The van der Waals surface area contributed by atoms with Gasteiger partial charge in [-0.25, -0.2) is 9.67 Å². The van der Waals surface area contributed by atoms with Gasteiger partial charge in [0.1, 0.15) is 18.2 Å². The van der Waals surface area contributed by atoms with Crippen LogP contribution >= 0.6 is 11.3 Å². The van der Waals surface area contributed by atoms with Crippen molar-refractivity contribution in [1.29, 1.82) is 0 Å². The molecule has 3 heterocycles. The second kappa shape index (κ2) is 8.63. The molecule has 1 saturated heterocycles. The van der Waals surface area contributed by atoms with E-state index >= 15 is 0 Å². The highest BCUT2D eigenvalue weighted by atomic mass is 32.1. The number of carbonyl (C=O) groups excluding carboxylic acids is 2. The maximum absolute atomic E-state index is 13.0. The Balaban J connectivity index is 1.53. The van der Waals surface area contributed by atoms with Crippen molar-refractivity contribution in [2.75, 3.05) is 13.1 Å². The molecule has 8 heteroatoms. The molecule has 3 aromatic rings. The van der Waals surface area contributed by atoms with E-state index in [4.69, 9.17) is 5.73 Å². The summed E-state index contributed by atoms with van der Waals surface area (Å²) < 4.78 is 1.61. The van der Waals surface area contributed by atoms with E-state index in [9.17, 15) is 9.59 Å². The fraction of sp³-hybridized carbons (Fsp3) is 0.391. The number of hydrogen-bond acceptors (Lipinski definition) is 5. The Labute approximate surface area is 185 Å². The molecule has 162 valence electrons. The maximum Gasteiger partial charge on any atom is 0.244 e. The van der Waals surface area contributed by atoms with Crippen LogP contribution in [0.2, 0.25) is 0 Å². The van der Waals surface area contributed by atoms with E-state index in [1.165, 1.54) is 4.88 Å². The lowest BCUT2D eigenvalue weighted by atomic mass is 9.74. The Morgan fingerprint density at radius 3 is 2.74 bits per heavy atom. The lowest BCUT2D eigenvalue weighted by Crippen LogP contribution is -2.53. The average Bonchev–Trinajstić information content (AvgIpc) is 3.38. The summed E-state index contributed by atoms with van der Waals surface area (Å²) in [5.74, 6) is 0.931. The molecule has 1 aliphatic rings. The lowest BCUT2D eigenvalue weighted by Gasteiger charge is -2.41. The molecule has 0 radical (unpaired) electrons. The van der Waals surface area contributed by atoms with E-state index in [2.05, 4.69) is 33.7 Å². The number of nitrogens with zero attached hydrogens (tertiary/aromatic N) is 4. The summed E-state index contributed by atoms with van der Waals surface area (Å²) in [6.45, 7) is 4.71. The number of benzene rings is 1. The highest BCUT2D eigenvalue weighted by molar-refractivity contribution is 7.13. The first-order chi connectivity index (χ1) is 14.9. The SMILES string of the molecule is Cc1nc(C)n(CC(=O)N2CCC[C@](Cc3cccc(-c4cccs4)c3)(C(N)=O)C2)n1. The molecule has 0 unspecified atom stereocenters. The molecule has 1 fully saturated rings. The van der Waals surface area contributed by atoms with Gasteiger partial charge < -0.3 is 10.6 Å².